The summed E-state index contributed by atoms with van der Waals surface area (Å²) in [7, 11) is 0. The Morgan fingerprint density at radius 2 is 1.62 bits per heavy atom. The van der Waals surface area contributed by atoms with E-state index in [4.69, 9.17) is 15.9 Å². The Bertz CT molecular complexity index is 593. The number of hydrogen-bond donors (Lipinski definition) is 3. The molecule has 2 aromatic carbocycles. The summed E-state index contributed by atoms with van der Waals surface area (Å²) in [4.78, 5) is 1.95. The van der Waals surface area contributed by atoms with Crippen molar-refractivity contribution in [3.63, 3.8) is 0 Å². The predicted octanol–water partition coefficient (Wildman–Crippen LogP) is 2.04. The van der Waals surface area contributed by atoms with Gasteiger partial charge in [0.1, 0.15) is 0 Å². The van der Waals surface area contributed by atoms with Crippen LogP contribution in [-0.2, 0) is 0 Å². The maximum absolute atomic E-state index is 9.16. The lowest BCUT2D eigenvalue weighted by molar-refractivity contribution is 0.281. The monoisotopic (exact) mass is 286 g/mol. The Morgan fingerprint density at radius 3 is 2.24 bits per heavy atom. The Labute approximate surface area is 125 Å². The second kappa shape index (κ2) is 7.11. The number of nitrogens with two attached hydrogens (primary N) is 1. The minimum Gasteiger partial charge on any atom is -0.398 e. The van der Waals surface area contributed by atoms with Crippen molar-refractivity contribution in [2.75, 3.05) is 36.9 Å². The summed E-state index contributed by atoms with van der Waals surface area (Å²) in [6, 6.07) is 13.9. The fourth-order valence-electron chi connectivity index (χ4n) is 2.46. The molecule has 0 bridgehead atoms. The van der Waals surface area contributed by atoms with Gasteiger partial charge in [-0.05, 0) is 36.2 Å². The molecule has 0 radical (unpaired) electrons. The Kier molecular flexibility index (Phi) is 5.20. The molecule has 0 saturated carbocycles. The molecule has 0 heterocycles. The minimum atomic E-state index is 0.0457. The van der Waals surface area contributed by atoms with E-state index in [1.807, 2.05) is 41.3 Å². The summed E-state index contributed by atoms with van der Waals surface area (Å²) in [5.74, 6) is 0. The summed E-state index contributed by atoms with van der Waals surface area (Å²) in [5, 5.41) is 18.3. The van der Waals surface area contributed by atoms with Crippen molar-refractivity contribution < 1.29 is 10.2 Å². The number of anilines is 2. The molecule has 4 N–H and O–H groups in total. The van der Waals surface area contributed by atoms with Gasteiger partial charge in [0.15, 0.2) is 0 Å². The third kappa shape index (κ3) is 3.54. The average Bonchev–Trinajstić information content (AvgIpc) is 2.48. The highest BCUT2D eigenvalue weighted by Crippen LogP contribution is 2.32. The molecule has 0 amide bonds. The first-order chi connectivity index (χ1) is 10.2. The summed E-state index contributed by atoms with van der Waals surface area (Å²) in [6.45, 7) is 3.12. The van der Waals surface area contributed by atoms with Gasteiger partial charge in [0.2, 0.25) is 0 Å². The average molecular weight is 286 g/mol. The number of nitrogens with zero attached hydrogens (tertiary/aromatic N) is 1. The molecule has 0 fully saturated rings. The van der Waals surface area contributed by atoms with Gasteiger partial charge in [-0.2, -0.15) is 0 Å². The highest BCUT2D eigenvalue weighted by atomic mass is 16.3. The third-order valence-electron chi connectivity index (χ3n) is 3.58. The molecule has 0 saturated heterocycles. The normalized spacial score (nSPS) is 10.6. The Hall–Kier alpha value is -2.04. The number of rotatable bonds is 6. The molecule has 0 aliphatic carbocycles. The summed E-state index contributed by atoms with van der Waals surface area (Å²) in [6.07, 6.45) is 0. The molecular weight excluding hydrogens is 264 g/mol. The zero-order valence-corrected chi connectivity index (χ0v) is 12.3. The molecule has 4 nitrogen and oxygen atoms in total. The zero-order chi connectivity index (χ0) is 15.2. The van der Waals surface area contributed by atoms with Crippen LogP contribution in [0, 0.1) is 6.92 Å². The lowest BCUT2D eigenvalue weighted by atomic mass is 9.98. The van der Waals surface area contributed by atoms with E-state index in [2.05, 4.69) is 13.0 Å². The van der Waals surface area contributed by atoms with Crippen LogP contribution in [0.15, 0.2) is 42.5 Å². The van der Waals surface area contributed by atoms with Crippen molar-refractivity contribution in [2.45, 2.75) is 6.92 Å². The molecule has 112 valence electrons. The van der Waals surface area contributed by atoms with Crippen molar-refractivity contribution in [3.8, 4) is 11.1 Å². The van der Waals surface area contributed by atoms with Crippen LogP contribution in [0.2, 0.25) is 0 Å². The quantitative estimate of drug-likeness (QED) is 0.711. The van der Waals surface area contributed by atoms with Crippen LogP contribution in [0.1, 0.15) is 5.56 Å². The van der Waals surface area contributed by atoms with Crippen molar-refractivity contribution in [1.82, 2.24) is 0 Å². The number of aryl methyl sites for hydroxylation is 1. The maximum atomic E-state index is 9.16. The topological polar surface area (TPSA) is 69.7 Å². The Morgan fingerprint density at radius 1 is 0.952 bits per heavy atom. The molecular formula is C17H22N2O2. The molecule has 2 aromatic rings. The molecule has 4 heteroatoms. The van der Waals surface area contributed by atoms with Gasteiger partial charge in [0.25, 0.3) is 0 Å². The first kappa shape index (κ1) is 15.4. The van der Waals surface area contributed by atoms with Gasteiger partial charge in [-0.1, -0.05) is 24.3 Å². The molecule has 0 spiro atoms. The van der Waals surface area contributed by atoms with Gasteiger partial charge in [-0.15, -0.1) is 0 Å². The van der Waals surface area contributed by atoms with Gasteiger partial charge in [-0.25, -0.2) is 0 Å². The van der Waals surface area contributed by atoms with Crippen LogP contribution < -0.4 is 10.6 Å². The molecule has 0 unspecified atom stereocenters. The molecule has 0 aliphatic heterocycles. The van der Waals surface area contributed by atoms with Crippen molar-refractivity contribution >= 4 is 11.4 Å². The number of nitrogen functional groups attached to an aromatic ring is 1. The van der Waals surface area contributed by atoms with E-state index in [0.717, 1.165) is 28.1 Å². The zero-order valence-electron chi connectivity index (χ0n) is 12.3. The van der Waals surface area contributed by atoms with Crippen LogP contribution in [0.3, 0.4) is 0 Å². The number of benzene rings is 2. The summed E-state index contributed by atoms with van der Waals surface area (Å²) < 4.78 is 0. The van der Waals surface area contributed by atoms with E-state index in [1.54, 1.807) is 0 Å². The fraction of sp³-hybridized carbons (Fsp3) is 0.294. The van der Waals surface area contributed by atoms with Crippen molar-refractivity contribution in [1.29, 1.82) is 0 Å². The third-order valence-corrected chi connectivity index (χ3v) is 3.58. The van der Waals surface area contributed by atoms with E-state index in [1.165, 1.54) is 0 Å². The lowest BCUT2D eigenvalue weighted by Crippen LogP contribution is -2.29. The maximum Gasteiger partial charge on any atom is 0.0606 e. The SMILES string of the molecule is Cc1ccccc1-c1cc(N(CCO)CCO)ccc1N. The standard InChI is InChI=1S/C17H22N2O2/c1-13-4-2-3-5-15(13)16-12-14(6-7-17(16)18)19(8-10-20)9-11-21/h2-7,12,20-21H,8-11,18H2,1H3. The first-order valence-corrected chi connectivity index (χ1v) is 7.09. The van der Waals surface area contributed by atoms with Gasteiger partial charge in [-0.3, -0.25) is 0 Å². The van der Waals surface area contributed by atoms with Crippen molar-refractivity contribution in [2.24, 2.45) is 0 Å². The van der Waals surface area contributed by atoms with E-state index in [-0.39, 0.29) is 13.2 Å². The van der Waals surface area contributed by atoms with E-state index in [9.17, 15) is 0 Å². The largest absolute Gasteiger partial charge is 0.398 e. The van der Waals surface area contributed by atoms with Gasteiger partial charge >= 0.3 is 0 Å². The molecule has 0 aromatic heterocycles. The van der Waals surface area contributed by atoms with Crippen LogP contribution in [0.4, 0.5) is 11.4 Å². The smallest absolute Gasteiger partial charge is 0.0606 e. The highest BCUT2D eigenvalue weighted by Gasteiger charge is 2.10. The number of hydrogen-bond acceptors (Lipinski definition) is 4. The van der Waals surface area contributed by atoms with Crippen molar-refractivity contribution in [3.05, 3.63) is 48.0 Å². The molecule has 2 rings (SSSR count). The minimum absolute atomic E-state index is 0.0457. The lowest BCUT2D eigenvalue weighted by Gasteiger charge is -2.24. The predicted molar refractivity (Wildman–Crippen MR) is 87.4 cm³/mol. The van der Waals surface area contributed by atoms with Crippen LogP contribution in [-0.4, -0.2) is 36.5 Å². The first-order valence-electron chi connectivity index (χ1n) is 7.09. The number of aliphatic hydroxyl groups excluding tert-OH is 2. The summed E-state index contributed by atoms with van der Waals surface area (Å²) >= 11 is 0. The van der Waals surface area contributed by atoms with Crippen LogP contribution in [0.5, 0.6) is 0 Å². The van der Waals surface area contributed by atoms with Gasteiger partial charge in [0, 0.05) is 30.0 Å². The number of aliphatic hydroxyl groups is 2. The summed E-state index contributed by atoms with van der Waals surface area (Å²) in [5.41, 5.74) is 11.0. The van der Waals surface area contributed by atoms with Crippen LogP contribution >= 0.6 is 0 Å². The highest BCUT2D eigenvalue weighted by molar-refractivity contribution is 5.81. The van der Waals surface area contributed by atoms with E-state index in [0.29, 0.717) is 13.1 Å². The fourth-order valence-corrected chi connectivity index (χ4v) is 2.46. The molecule has 21 heavy (non-hydrogen) atoms. The molecule has 0 atom stereocenters. The van der Waals surface area contributed by atoms with E-state index < -0.39 is 0 Å². The Balaban J connectivity index is 2.43. The van der Waals surface area contributed by atoms with Gasteiger partial charge in [0.05, 0.1) is 13.2 Å². The second-order valence-electron chi connectivity index (χ2n) is 5.02. The van der Waals surface area contributed by atoms with Gasteiger partial charge < -0.3 is 20.8 Å². The molecule has 0 aliphatic rings. The van der Waals surface area contributed by atoms with E-state index >= 15 is 0 Å². The van der Waals surface area contributed by atoms with Crippen LogP contribution in [0.25, 0.3) is 11.1 Å². The second-order valence-corrected chi connectivity index (χ2v) is 5.02.